The smallest absolute Gasteiger partial charge is 0.138 e. The molecule has 0 bridgehead atoms. The Hall–Kier alpha value is -0.740. The van der Waals surface area contributed by atoms with Crippen molar-refractivity contribution >= 4 is 55.1 Å². The largest absolute Gasteiger partial charge is 0.456 e. The van der Waals surface area contributed by atoms with Crippen LogP contribution in [-0.2, 0) is 12.8 Å². The lowest BCUT2D eigenvalue weighted by Gasteiger charge is -2.42. The Morgan fingerprint density at radius 1 is 0.704 bits per heavy atom. The van der Waals surface area contributed by atoms with Crippen molar-refractivity contribution in [1.29, 1.82) is 0 Å². The lowest BCUT2D eigenvalue weighted by Crippen LogP contribution is -2.46. The van der Waals surface area contributed by atoms with E-state index in [-0.39, 0.29) is 8.65 Å². The third-order valence-corrected chi connectivity index (χ3v) is 8.78. The number of hydrogen-bond donors (Lipinski definition) is 0. The summed E-state index contributed by atoms with van der Waals surface area (Å²) in [7, 11) is 0. The highest BCUT2D eigenvalue weighted by Crippen LogP contribution is 2.52. The van der Waals surface area contributed by atoms with Crippen molar-refractivity contribution in [3.8, 4) is 22.6 Å². The predicted molar refractivity (Wildman–Crippen MR) is 122 cm³/mol. The number of furan rings is 1. The fourth-order valence-electron chi connectivity index (χ4n) is 3.57. The van der Waals surface area contributed by atoms with Crippen molar-refractivity contribution in [1.82, 2.24) is 0 Å². The molecule has 0 fully saturated rings. The summed E-state index contributed by atoms with van der Waals surface area (Å²) in [5, 5.41) is 1.44. The van der Waals surface area contributed by atoms with Gasteiger partial charge in [0.1, 0.15) is 11.5 Å². The van der Waals surface area contributed by atoms with Crippen molar-refractivity contribution in [2.75, 3.05) is 0 Å². The molecule has 0 aliphatic heterocycles. The van der Waals surface area contributed by atoms with Crippen LogP contribution in [0.5, 0.6) is 0 Å². The summed E-state index contributed by atoms with van der Waals surface area (Å²) >= 11 is 20.1. The zero-order valence-electron chi connectivity index (χ0n) is 15.0. The first-order valence-corrected chi connectivity index (χ1v) is 11.1. The molecule has 1 heterocycles. The highest BCUT2D eigenvalue weighted by Gasteiger charge is 2.47. The summed E-state index contributed by atoms with van der Waals surface area (Å²) in [6.45, 7) is 4.45. The summed E-state index contributed by atoms with van der Waals surface area (Å²) in [4.78, 5) is 0. The molecule has 1 nitrogen and oxygen atoms in total. The average molecular weight is 529 g/mol. The minimum absolute atomic E-state index is 0.0880. The van der Waals surface area contributed by atoms with Gasteiger partial charge in [-0.1, -0.05) is 55.1 Å². The van der Waals surface area contributed by atoms with E-state index in [1.165, 1.54) is 11.1 Å². The van der Waals surface area contributed by atoms with E-state index in [1.54, 1.807) is 0 Å². The van der Waals surface area contributed by atoms with E-state index in [4.69, 9.17) is 27.6 Å². The standard InChI is InChI=1S/C22H18Br2Cl2O/c1-21(23)11-17-18(12-22(21,2)24)20(14-5-9-16(26)10-6-14)27-19(17)13-3-7-15(25)8-4-13/h3-10H,11-12H2,1-2H3/t21-,22-/m1/s1. The number of rotatable bonds is 2. The second kappa shape index (κ2) is 6.95. The molecular formula is C22H18Br2Cl2O. The van der Waals surface area contributed by atoms with Crippen LogP contribution in [-0.4, -0.2) is 8.65 Å². The molecule has 0 N–H and O–H groups in total. The van der Waals surface area contributed by atoms with Crippen LogP contribution in [0.2, 0.25) is 10.0 Å². The molecule has 0 spiro atoms. The first-order valence-electron chi connectivity index (χ1n) is 8.72. The molecule has 0 radical (unpaired) electrons. The first-order chi connectivity index (χ1) is 12.7. The maximum Gasteiger partial charge on any atom is 0.138 e. The van der Waals surface area contributed by atoms with Crippen LogP contribution in [0.4, 0.5) is 0 Å². The van der Waals surface area contributed by atoms with Gasteiger partial charge in [-0.3, -0.25) is 0 Å². The van der Waals surface area contributed by atoms with E-state index in [0.29, 0.717) is 0 Å². The molecule has 0 saturated carbocycles. The van der Waals surface area contributed by atoms with E-state index < -0.39 is 0 Å². The van der Waals surface area contributed by atoms with Gasteiger partial charge in [-0.2, -0.15) is 0 Å². The third-order valence-electron chi connectivity index (χ3n) is 5.43. The second-order valence-corrected chi connectivity index (χ2v) is 11.9. The second-order valence-electron chi connectivity index (χ2n) is 7.48. The van der Waals surface area contributed by atoms with Gasteiger partial charge in [-0.15, -0.1) is 0 Å². The predicted octanol–water partition coefficient (Wildman–Crippen LogP) is 8.33. The molecule has 1 aromatic heterocycles. The molecule has 5 heteroatoms. The van der Waals surface area contributed by atoms with E-state index in [1.807, 2.05) is 48.5 Å². The molecule has 0 amide bonds. The van der Waals surface area contributed by atoms with E-state index in [9.17, 15) is 0 Å². The van der Waals surface area contributed by atoms with Gasteiger partial charge in [-0.05, 0) is 75.2 Å². The summed E-state index contributed by atoms with van der Waals surface area (Å²) in [5.74, 6) is 1.83. The summed E-state index contributed by atoms with van der Waals surface area (Å²) in [6.07, 6.45) is 1.72. The summed E-state index contributed by atoms with van der Waals surface area (Å²) in [5.41, 5.74) is 4.58. The zero-order chi connectivity index (χ0) is 19.4. The highest BCUT2D eigenvalue weighted by atomic mass is 79.9. The zero-order valence-corrected chi connectivity index (χ0v) is 19.6. The molecule has 3 aromatic rings. The van der Waals surface area contributed by atoms with Crippen LogP contribution in [0.1, 0.15) is 25.0 Å². The molecule has 2 aromatic carbocycles. The van der Waals surface area contributed by atoms with Crippen molar-refractivity contribution in [3.05, 3.63) is 69.7 Å². The molecule has 0 unspecified atom stereocenters. The highest BCUT2D eigenvalue weighted by molar-refractivity contribution is 9.13. The molecule has 1 aliphatic rings. The van der Waals surface area contributed by atoms with E-state index in [2.05, 4.69) is 45.7 Å². The van der Waals surface area contributed by atoms with Crippen LogP contribution in [0, 0.1) is 0 Å². The summed E-state index contributed by atoms with van der Waals surface area (Å²) < 4.78 is 6.30. The molecule has 1 aliphatic carbocycles. The van der Waals surface area contributed by atoms with Gasteiger partial charge >= 0.3 is 0 Å². The fourth-order valence-corrected chi connectivity index (χ4v) is 4.67. The van der Waals surface area contributed by atoms with Crippen LogP contribution in [0.3, 0.4) is 0 Å². The molecule has 4 rings (SSSR count). The monoisotopic (exact) mass is 526 g/mol. The molecule has 140 valence electrons. The van der Waals surface area contributed by atoms with Crippen LogP contribution >= 0.6 is 55.1 Å². The van der Waals surface area contributed by atoms with Crippen molar-refractivity contribution in [2.45, 2.75) is 35.3 Å². The molecule has 0 saturated heterocycles. The number of hydrogen-bond acceptors (Lipinski definition) is 1. The number of benzene rings is 2. The van der Waals surface area contributed by atoms with Gasteiger partial charge in [0.05, 0.1) is 0 Å². The Balaban J connectivity index is 1.94. The van der Waals surface area contributed by atoms with Gasteiger partial charge in [0, 0.05) is 40.9 Å². The van der Waals surface area contributed by atoms with Gasteiger partial charge in [-0.25, -0.2) is 0 Å². The Morgan fingerprint density at radius 2 is 1.04 bits per heavy atom. The topological polar surface area (TPSA) is 13.1 Å². The number of halogens is 4. The maximum atomic E-state index is 6.48. The maximum absolute atomic E-state index is 6.48. The van der Waals surface area contributed by atoms with Crippen molar-refractivity contribution < 1.29 is 4.42 Å². The van der Waals surface area contributed by atoms with Crippen molar-refractivity contribution in [2.24, 2.45) is 0 Å². The molecular weight excluding hydrogens is 511 g/mol. The summed E-state index contributed by atoms with van der Waals surface area (Å²) in [6, 6.07) is 15.7. The van der Waals surface area contributed by atoms with E-state index >= 15 is 0 Å². The SMILES string of the molecule is C[C@@]1(Br)Cc2c(-c3ccc(Cl)cc3)oc(-c3ccc(Cl)cc3)c2C[C@@]1(C)Br. The number of fused-ring (bicyclic) bond motifs is 1. The third kappa shape index (κ3) is 3.53. The Labute approximate surface area is 186 Å². The average Bonchev–Trinajstić information content (AvgIpc) is 2.93. The quantitative estimate of drug-likeness (QED) is 0.305. The van der Waals surface area contributed by atoms with Crippen LogP contribution in [0.25, 0.3) is 22.6 Å². The fraction of sp³-hybridized carbons (Fsp3) is 0.273. The lowest BCUT2D eigenvalue weighted by atomic mass is 9.76. The van der Waals surface area contributed by atoms with Gasteiger partial charge in [0.15, 0.2) is 0 Å². The Bertz CT molecular complexity index is 906. The lowest BCUT2D eigenvalue weighted by molar-refractivity contribution is 0.467. The van der Waals surface area contributed by atoms with Crippen LogP contribution < -0.4 is 0 Å². The normalized spacial score (nSPS) is 24.7. The Kier molecular flexibility index (Phi) is 5.04. The molecule has 27 heavy (non-hydrogen) atoms. The van der Waals surface area contributed by atoms with E-state index in [0.717, 1.165) is 45.5 Å². The van der Waals surface area contributed by atoms with Gasteiger partial charge in [0.25, 0.3) is 0 Å². The minimum Gasteiger partial charge on any atom is -0.456 e. The van der Waals surface area contributed by atoms with Crippen molar-refractivity contribution in [3.63, 3.8) is 0 Å². The first kappa shape index (κ1) is 19.6. The minimum atomic E-state index is -0.0880. The van der Waals surface area contributed by atoms with Gasteiger partial charge < -0.3 is 4.42 Å². The van der Waals surface area contributed by atoms with Crippen LogP contribution in [0.15, 0.2) is 52.9 Å². The number of alkyl halides is 2. The molecule has 2 atom stereocenters. The Morgan fingerprint density at radius 3 is 1.37 bits per heavy atom. The van der Waals surface area contributed by atoms with Gasteiger partial charge in [0.2, 0.25) is 0 Å².